The van der Waals surface area contributed by atoms with Crippen LogP contribution in [0.2, 0.25) is 5.02 Å². The molecule has 0 bridgehead atoms. The third kappa shape index (κ3) is 5.08. The van der Waals surface area contributed by atoms with Gasteiger partial charge in [0.1, 0.15) is 11.3 Å². The number of sulfonamides is 1. The SMILES string of the molecule is O=C(c1cccnc1Nc1ccc(S(=O)(=O)Nc2nc3c(Cl)cccc3s2)cc1)N1CCNCC1. The standard InChI is InChI=1S/C23H21ClN6O3S2/c24-18-4-1-5-19-20(18)28-23(34-19)29-35(32,33)16-8-6-15(7-9-16)27-21-17(3-2-10-26-21)22(31)30-13-11-25-12-14-30/h1-10,25H,11-14H2,(H,26,27)(H,28,29). The summed E-state index contributed by atoms with van der Waals surface area (Å²) in [7, 11) is -3.85. The highest BCUT2D eigenvalue weighted by Gasteiger charge is 2.22. The highest BCUT2D eigenvalue weighted by molar-refractivity contribution is 7.93. The maximum absolute atomic E-state index is 13.0. The summed E-state index contributed by atoms with van der Waals surface area (Å²) in [5.74, 6) is 0.317. The van der Waals surface area contributed by atoms with E-state index < -0.39 is 10.0 Å². The normalized spacial score (nSPS) is 14.1. The lowest BCUT2D eigenvalue weighted by Crippen LogP contribution is -2.46. The number of hydrogen-bond donors (Lipinski definition) is 3. The number of halogens is 1. The van der Waals surface area contributed by atoms with E-state index in [9.17, 15) is 13.2 Å². The molecule has 0 aliphatic carbocycles. The molecule has 2 aromatic heterocycles. The molecule has 4 aromatic rings. The second-order valence-corrected chi connectivity index (χ2v) is 10.9. The van der Waals surface area contributed by atoms with E-state index in [1.54, 1.807) is 47.5 Å². The number of nitrogens with zero attached hydrogens (tertiary/aromatic N) is 3. The number of thiazole rings is 1. The van der Waals surface area contributed by atoms with Gasteiger partial charge in [-0.25, -0.2) is 18.4 Å². The first-order valence-electron chi connectivity index (χ1n) is 10.8. The molecule has 5 rings (SSSR count). The molecule has 0 unspecified atom stereocenters. The Kier molecular flexibility index (Phi) is 6.56. The summed E-state index contributed by atoms with van der Waals surface area (Å²) in [6, 6.07) is 15.0. The molecule has 1 aliphatic heterocycles. The Morgan fingerprint density at radius 3 is 2.57 bits per heavy atom. The van der Waals surface area contributed by atoms with Gasteiger partial charge in [-0.3, -0.25) is 9.52 Å². The topological polar surface area (TPSA) is 116 Å². The van der Waals surface area contributed by atoms with Crippen molar-refractivity contribution >= 4 is 65.7 Å². The number of piperazine rings is 1. The number of pyridine rings is 1. The largest absolute Gasteiger partial charge is 0.340 e. The van der Waals surface area contributed by atoms with E-state index in [1.807, 2.05) is 6.07 Å². The molecule has 0 saturated carbocycles. The molecule has 3 N–H and O–H groups in total. The Morgan fingerprint density at radius 2 is 1.83 bits per heavy atom. The van der Waals surface area contributed by atoms with Crippen molar-refractivity contribution in [2.24, 2.45) is 0 Å². The van der Waals surface area contributed by atoms with Crippen molar-refractivity contribution in [1.82, 2.24) is 20.2 Å². The van der Waals surface area contributed by atoms with Crippen molar-refractivity contribution in [2.75, 3.05) is 36.2 Å². The Morgan fingerprint density at radius 1 is 1.06 bits per heavy atom. The molecule has 12 heteroatoms. The van der Waals surface area contributed by atoms with Crippen LogP contribution in [0.15, 0.2) is 65.7 Å². The predicted molar refractivity (Wildman–Crippen MR) is 138 cm³/mol. The monoisotopic (exact) mass is 528 g/mol. The Bertz CT molecular complexity index is 1480. The summed E-state index contributed by atoms with van der Waals surface area (Å²) < 4.78 is 29.1. The fourth-order valence-corrected chi connectivity index (χ4v) is 6.10. The molecule has 0 atom stereocenters. The van der Waals surface area contributed by atoms with Crippen LogP contribution in [0.3, 0.4) is 0 Å². The van der Waals surface area contributed by atoms with Gasteiger partial charge in [0.05, 0.1) is 20.2 Å². The molecule has 1 saturated heterocycles. The van der Waals surface area contributed by atoms with E-state index in [4.69, 9.17) is 11.6 Å². The Balaban J connectivity index is 1.33. The van der Waals surface area contributed by atoms with Gasteiger partial charge < -0.3 is 15.5 Å². The average molecular weight is 529 g/mol. The highest BCUT2D eigenvalue weighted by Crippen LogP contribution is 2.32. The zero-order valence-corrected chi connectivity index (χ0v) is 20.8. The first kappa shape index (κ1) is 23.5. The van der Waals surface area contributed by atoms with Gasteiger partial charge in [-0.1, -0.05) is 29.0 Å². The molecule has 1 fully saturated rings. The second kappa shape index (κ2) is 9.78. The molecule has 1 amide bonds. The molecule has 3 heterocycles. The van der Waals surface area contributed by atoms with E-state index in [-0.39, 0.29) is 15.9 Å². The first-order valence-corrected chi connectivity index (χ1v) is 13.5. The van der Waals surface area contributed by atoms with Gasteiger partial charge in [0.25, 0.3) is 15.9 Å². The number of carbonyl (C=O) groups is 1. The molecule has 1 aliphatic rings. The zero-order chi connectivity index (χ0) is 24.4. The van der Waals surface area contributed by atoms with Gasteiger partial charge in [-0.05, 0) is 48.5 Å². The van der Waals surface area contributed by atoms with Crippen molar-refractivity contribution in [3.05, 3.63) is 71.4 Å². The number of rotatable bonds is 6. The van der Waals surface area contributed by atoms with Crippen LogP contribution in [0.25, 0.3) is 10.2 Å². The summed E-state index contributed by atoms with van der Waals surface area (Å²) in [6.07, 6.45) is 1.60. The number of anilines is 3. The second-order valence-electron chi connectivity index (χ2n) is 7.80. The summed E-state index contributed by atoms with van der Waals surface area (Å²) in [5, 5.41) is 7.06. The zero-order valence-electron chi connectivity index (χ0n) is 18.4. The number of nitrogens with one attached hydrogen (secondary N) is 3. The number of benzene rings is 2. The van der Waals surface area contributed by atoms with E-state index in [0.29, 0.717) is 40.7 Å². The number of fused-ring (bicyclic) bond motifs is 1. The molecule has 180 valence electrons. The van der Waals surface area contributed by atoms with Crippen LogP contribution in [0.5, 0.6) is 0 Å². The minimum atomic E-state index is -3.85. The van der Waals surface area contributed by atoms with Crippen molar-refractivity contribution in [3.8, 4) is 0 Å². The molecular weight excluding hydrogens is 508 g/mol. The van der Waals surface area contributed by atoms with Crippen LogP contribution in [0.1, 0.15) is 10.4 Å². The molecule has 9 nitrogen and oxygen atoms in total. The molecule has 0 spiro atoms. The third-order valence-corrected chi connectivity index (χ3v) is 8.19. The van der Waals surface area contributed by atoms with Gasteiger partial charge in [-0.2, -0.15) is 0 Å². The first-order chi connectivity index (χ1) is 16.9. The molecular formula is C23H21ClN6O3S2. The van der Waals surface area contributed by atoms with Crippen LogP contribution in [0.4, 0.5) is 16.6 Å². The molecule has 2 aromatic carbocycles. The van der Waals surface area contributed by atoms with Gasteiger partial charge in [0.15, 0.2) is 5.13 Å². The minimum absolute atomic E-state index is 0.0755. The van der Waals surface area contributed by atoms with Gasteiger partial charge in [-0.15, -0.1) is 0 Å². The summed E-state index contributed by atoms with van der Waals surface area (Å²) in [4.78, 5) is 23.5. The van der Waals surface area contributed by atoms with Crippen LogP contribution >= 0.6 is 22.9 Å². The number of amides is 1. The van der Waals surface area contributed by atoms with Crippen LogP contribution in [-0.4, -0.2) is 55.4 Å². The quantitative estimate of drug-likeness (QED) is 0.347. The number of carbonyl (C=O) groups excluding carboxylic acids is 1. The van der Waals surface area contributed by atoms with E-state index >= 15 is 0 Å². The van der Waals surface area contributed by atoms with E-state index in [1.165, 1.54) is 23.5 Å². The summed E-state index contributed by atoms with van der Waals surface area (Å²) >= 11 is 7.35. The van der Waals surface area contributed by atoms with Gasteiger partial charge in [0.2, 0.25) is 0 Å². The smallest absolute Gasteiger partial charge is 0.263 e. The lowest BCUT2D eigenvalue weighted by atomic mass is 10.2. The van der Waals surface area contributed by atoms with Gasteiger partial charge in [0, 0.05) is 38.1 Å². The Labute approximate surface area is 211 Å². The minimum Gasteiger partial charge on any atom is -0.340 e. The maximum Gasteiger partial charge on any atom is 0.263 e. The number of para-hydroxylation sites is 1. The van der Waals surface area contributed by atoms with E-state index in [0.717, 1.165) is 17.8 Å². The van der Waals surface area contributed by atoms with E-state index in [2.05, 4.69) is 25.3 Å². The Hall–Kier alpha value is -3.25. The van der Waals surface area contributed by atoms with Crippen molar-refractivity contribution in [1.29, 1.82) is 0 Å². The fraction of sp³-hybridized carbons (Fsp3) is 0.174. The maximum atomic E-state index is 13.0. The van der Waals surface area contributed by atoms with Crippen LogP contribution in [0, 0.1) is 0 Å². The summed E-state index contributed by atoms with van der Waals surface area (Å²) in [6.45, 7) is 2.77. The lowest BCUT2D eigenvalue weighted by Gasteiger charge is -2.28. The van der Waals surface area contributed by atoms with Crippen LogP contribution in [-0.2, 0) is 10.0 Å². The lowest BCUT2D eigenvalue weighted by molar-refractivity contribution is 0.0736. The molecule has 35 heavy (non-hydrogen) atoms. The number of aromatic nitrogens is 2. The van der Waals surface area contributed by atoms with Crippen LogP contribution < -0.4 is 15.4 Å². The fourth-order valence-electron chi connectivity index (χ4n) is 3.70. The van der Waals surface area contributed by atoms with Crippen molar-refractivity contribution in [3.63, 3.8) is 0 Å². The summed E-state index contributed by atoms with van der Waals surface area (Å²) in [5.41, 5.74) is 1.61. The van der Waals surface area contributed by atoms with Crippen molar-refractivity contribution < 1.29 is 13.2 Å². The highest BCUT2D eigenvalue weighted by atomic mass is 35.5. The van der Waals surface area contributed by atoms with Crippen molar-refractivity contribution in [2.45, 2.75) is 4.90 Å². The molecule has 0 radical (unpaired) electrons. The third-order valence-electron chi connectivity index (χ3n) is 5.46. The predicted octanol–water partition coefficient (Wildman–Crippen LogP) is 3.93. The number of hydrogen-bond acceptors (Lipinski definition) is 8. The average Bonchev–Trinajstić information content (AvgIpc) is 3.28. The van der Waals surface area contributed by atoms with Gasteiger partial charge >= 0.3 is 0 Å².